The number of thiocarbonyl (C=S) groups is 1. The molecule has 2 aromatic carbocycles. The van der Waals surface area contributed by atoms with E-state index in [-0.39, 0.29) is 10.7 Å². The molecule has 0 spiro atoms. The van der Waals surface area contributed by atoms with E-state index >= 15 is 0 Å². The number of anilines is 1. The highest BCUT2D eigenvalue weighted by Gasteiger charge is 2.34. The quantitative estimate of drug-likeness (QED) is 0.264. The van der Waals surface area contributed by atoms with Gasteiger partial charge in [0, 0.05) is 26.0 Å². The smallest absolute Gasteiger partial charge is 0.270 e. The molecule has 4 rings (SSSR count). The molecule has 1 aliphatic rings. The van der Waals surface area contributed by atoms with Crippen LogP contribution in [0.3, 0.4) is 0 Å². The summed E-state index contributed by atoms with van der Waals surface area (Å²) in [5.41, 5.74) is 4.34. The summed E-state index contributed by atoms with van der Waals surface area (Å²) in [4.78, 5) is 27.2. The number of amides is 2. The number of nitrogens with zero attached hydrogens (tertiary/aromatic N) is 2. The van der Waals surface area contributed by atoms with Crippen LogP contribution in [0.4, 0.5) is 5.69 Å². The van der Waals surface area contributed by atoms with Crippen LogP contribution in [0.5, 0.6) is 0 Å². The molecule has 1 N–H and O–H groups in total. The number of hydrogen-bond donors (Lipinski definition) is 1. The number of aromatic nitrogens is 1. The van der Waals surface area contributed by atoms with Crippen molar-refractivity contribution in [3.63, 3.8) is 0 Å². The van der Waals surface area contributed by atoms with Gasteiger partial charge < -0.3 is 4.57 Å². The van der Waals surface area contributed by atoms with E-state index in [0.717, 1.165) is 31.6 Å². The fraction of sp³-hybridized carbons (Fsp3) is 0.0870. The minimum absolute atomic E-state index is 0.0348. The molecule has 5 nitrogen and oxygen atoms in total. The Kier molecular flexibility index (Phi) is 5.96. The van der Waals surface area contributed by atoms with E-state index in [0.29, 0.717) is 5.69 Å². The molecule has 0 aliphatic carbocycles. The summed E-state index contributed by atoms with van der Waals surface area (Å²) in [5, 5.41) is 2.69. The second-order valence-corrected chi connectivity index (χ2v) is 9.29. The summed E-state index contributed by atoms with van der Waals surface area (Å²) in [6.45, 7) is 3.95. The van der Waals surface area contributed by atoms with E-state index in [1.54, 1.807) is 18.2 Å². The van der Waals surface area contributed by atoms with Gasteiger partial charge in [0.05, 0.1) is 5.69 Å². The van der Waals surface area contributed by atoms with Crippen LogP contribution in [-0.2, 0) is 9.59 Å². The highest BCUT2D eigenvalue weighted by molar-refractivity contribution is 9.10. The van der Waals surface area contributed by atoms with Crippen molar-refractivity contribution in [2.75, 3.05) is 4.90 Å². The number of aryl methyl sites for hydroxylation is 1. The second kappa shape index (κ2) is 8.53. The molecule has 31 heavy (non-hydrogen) atoms. The molecule has 2 amide bonds. The van der Waals surface area contributed by atoms with E-state index in [1.165, 1.54) is 4.90 Å². The van der Waals surface area contributed by atoms with Crippen LogP contribution in [0.2, 0.25) is 0 Å². The molecular formula is C23H17Br2N3O2S. The summed E-state index contributed by atoms with van der Waals surface area (Å²) in [7, 11) is 0. The number of hydrogen-bond acceptors (Lipinski definition) is 3. The lowest BCUT2D eigenvalue weighted by Gasteiger charge is -2.29. The molecule has 156 valence electrons. The Morgan fingerprint density at radius 1 is 0.903 bits per heavy atom. The molecule has 1 saturated heterocycles. The molecule has 8 heteroatoms. The zero-order valence-corrected chi connectivity index (χ0v) is 20.6. The molecule has 0 unspecified atom stereocenters. The minimum atomic E-state index is -0.503. The van der Waals surface area contributed by atoms with Crippen LogP contribution in [-0.4, -0.2) is 21.5 Å². The van der Waals surface area contributed by atoms with Gasteiger partial charge in [-0.15, -0.1) is 0 Å². The fourth-order valence-electron chi connectivity index (χ4n) is 3.56. The topological polar surface area (TPSA) is 54.3 Å². The Morgan fingerprint density at radius 2 is 1.45 bits per heavy atom. The van der Waals surface area contributed by atoms with Gasteiger partial charge in [0.25, 0.3) is 11.8 Å². The number of rotatable bonds is 3. The third-order valence-corrected chi connectivity index (χ3v) is 6.38. The van der Waals surface area contributed by atoms with Crippen molar-refractivity contribution in [1.82, 2.24) is 9.88 Å². The van der Waals surface area contributed by atoms with Gasteiger partial charge in [-0.05, 0) is 92.3 Å². The van der Waals surface area contributed by atoms with Gasteiger partial charge in [-0.3, -0.25) is 19.8 Å². The number of benzene rings is 2. The van der Waals surface area contributed by atoms with Crippen LogP contribution in [0.25, 0.3) is 11.8 Å². The lowest BCUT2D eigenvalue weighted by atomic mass is 10.1. The molecule has 1 aromatic heterocycles. The minimum Gasteiger partial charge on any atom is -0.318 e. The first-order chi connectivity index (χ1) is 14.8. The van der Waals surface area contributed by atoms with Crippen molar-refractivity contribution < 1.29 is 9.59 Å². The predicted octanol–water partition coefficient (Wildman–Crippen LogP) is 5.45. The van der Waals surface area contributed by atoms with Crippen LogP contribution in [0.1, 0.15) is 17.0 Å². The zero-order chi connectivity index (χ0) is 22.3. The maximum absolute atomic E-state index is 13.2. The molecule has 0 saturated carbocycles. The van der Waals surface area contributed by atoms with Gasteiger partial charge >= 0.3 is 0 Å². The molecule has 1 fully saturated rings. The van der Waals surface area contributed by atoms with E-state index in [9.17, 15) is 9.59 Å². The lowest BCUT2D eigenvalue weighted by molar-refractivity contribution is -0.122. The van der Waals surface area contributed by atoms with Crippen LogP contribution in [0.15, 0.2) is 69.1 Å². The van der Waals surface area contributed by atoms with Crippen LogP contribution >= 0.6 is 44.1 Å². The van der Waals surface area contributed by atoms with Gasteiger partial charge in [-0.25, -0.2) is 0 Å². The Morgan fingerprint density at radius 3 is 2.03 bits per heavy atom. The van der Waals surface area contributed by atoms with Gasteiger partial charge in [0.15, 0.2) is 5.11 Å². The lowest BCUT2D eigenvalue weighted by Crippen LogP contribution is -2.54. The van der Waals surface area contributed by atoms with Gasteiger partial charge in [0.2, 0.25) is 0 Å². The van der Waals surface area contributed by atoms with Gasteiger partial charge in [-0.1, -0.05) is 31.9 Å². The van der Waals surface area contributed by atoms with Crippen molar-refractivity contribution in [1.29, 1.82) is 0 Å². The van der Waals surface area contributed by atoms with Crippen LogP contribution < -0.4 is 10.2 Å². The molecule has 0 bridgehead atoms. The Balaban J connectivity index is 1.75. The normalized spacial score (nSPS) is 15.5. The van der Waals surface area contributed by atoms with Gasteiger partial charge in [-0.2, -0.15) is 0 Å². The predicted molar refractivity (Wildman–Crippen MR) is 133 cm³/mol. The van der Waals surface area contributed by atoms with Crippen molar-refractivity contribution in [3.8, 4) is 5.69 Å². The summed E-state index contributed by atoms with van der Waals surface area (Å²) in [6.07, 6.45) is 1.63. The highest BCUT2D eigenvalue weighted by Crippen LogP contribution is 2.27. The summed E-state index contributed by atoms with van der Waals surface area (Å²) in [6, 6.07) is 17.1. The van der Waals surface area contributed by atoms with E-state index in [1.807, 2.05) is 56.3 Å². The average molecular weight is 559 g/mol. The molecule has 2 heterocycles. The summed E-state index contributed by atoms with van der Waals surface area (Å²) in [5.74, 6) is -0.957. The third kappa shape index (κ3) is 4.15. The molecule has 1 aliphatic heterocycles. The van der Waals surface area contributed by atoms with Crippen molar-refractivity contribution in [3.05, 3.63) is 86.1 Å². The maximum atomic E-state index is 13.2. The maximum Gasteiger partial charge on any atom is 0.270 e. The van der Waals surface area contributed by atoms with Crippen molar-refractivity contribution in [2.24, 2.45) is 0 Å². The largest absolute Gasteiger partial charge is 0.318 e. The first-order valence-corrected chi connectivity index (χ1v) is 11.4. The molecule has 0 radical (unpaired) electrons. The zero-order valence-electron chi connectivity index (χ0n) is 16.6. The fourth-order valence-corrected chi connectivity index (χ4v) is 4.37. The van der Waals surface area contributed by atoms with E-state index in [4.69, 9.17) is 12.2 Å². The molecule has 0 atom stereocenters. The van der Waals surface area contributed by atoms with Crippen LogP contribution in [0, 0.1) is 13.8 Å². The first-order valence-electron chi connectivity index (χ1n) is 9.38. The third-order valence-electron chi connectivity index (χ3n) is 5.04. The second-order valence-electron chi connectivity index (χ2n) is 7.07. The molecular weight excluding hydrogens is 542 g/mol. The Hall–Kier alpha value is -2.55. The van der Waals surface area contributed by atoms with Crippen molar-refractivity contribution in [2.45, 2.75) is 13.8 Å². The highest BCUT2D eigenvalue weighted by atomic mass is 79.9. The number of carbonyl (C=O) groups excluding carboxylic acids is 2. The summed E-state index contributed by atoms with van der Waals surface area (Å²) < 4.78 is 3.96. The average Bonchev–Trinajstić information content (AvgIpc) is 3.00. The number of halogens is 2. The van der Waals surface area contributed by atoms with E-state index in [2.05, 4.69) is 41.7 Å². The van der Waals surface area contributed by atoms with Gasteiger partial charge in [0.1, 0.15) is 5.57 Å². The van der Waals surface area contributed by atoms with Crippen molar-refractivity contribution >= 4 is 72.8 Å². The Labute approximate surface area is 202 Å². The SMILES string of the molecule is Cc1cc(/C=C2\C(=O)NC(=S)N(c3ccc(Br)cc3)C2=O)c(C)n1-c1ccc(Br)cc1. The number of carbonyl (C=O) groups is 2. The Bertz CT molecular complexity index is 1250. The molecule has 3 aromatic rings. The van der Waals surface area contributed by atoms with E-state index < -0.39 is 11.8 Å². The summed E-state index contributed by atoms with van der Waals surface area (Å²) >= 11 is 12.1. The monoisotopic (exact) mass is 557 g/mol. The number of nitrogens with one attached hydrogen (secondary N) is 1. The first kappa shape index (κ1) is 21.7. The standard InChI is InChI=1S/C23H17Br2N3O2S/c1-13-11-15(14(2)27(13)18-7-3-16(24)4-8-18)12-20-21(29)26-23(31)28(22(20)30)19-9-5-17(25)6-10-19/h3-12H,1-2H3,(H,26,29,31)/b20-12+.